The highest BCUT2D eigenvalue weighted by Crippen LogP contribution is 2.35. The van der Waals surface area contributed by atoms with E-state index in [1.165, 1.54) is 28.2 Å². The van der Waals surface area contributed by atoms with Gasteiger partial charge < -0.3 is 9.47 Å². The number of carbonyl (C=O) groups is 1. The average molecular weight is 368 g/mol. The SMILES string of the molecule is CSNc1nc(N2SCOC2=O)c2cnn(C3CCCCO3)c2n1. The second-order valence-corrected chi connectivity index (χ2v) is 6.75. The molecule has 1 amide bonds. The largest absolute Gasteiger partial charge is 0.436 e. The van der Waals surface area contributed by atoms with Crippen molar-refractivity contribution in [2.75, 3.05) is 27.8 Å². The molecule has 2 saturated heterocycles. The van der Waals surface area contributed by atoms with E-state index < -0.39 is 6.09 Å². The van der Waals surface area contributed by atoms with Crippen molar-refractivity contribution in [1.82, 2.24) is 19.7 Å². The smallest absolute Gasteiger partial charge is 0.426 e. The summed E-state index contributed by atoms with van der Waals surface area (Å²) >= 11 is 2.64. The molecule has 0 aromatic carbocycles. The molecule has 0 radical (unpaired) electrons. The molecule has 128 valence electrons. The predicted octanol–water partition coefficient (Wildman–Crippen LogP) is 2.78. The van der Waals surface area contributed by atoms with Gasteiger partial charge in [-0.2, -0.15) is 19.4 Å². The normalized spacial score (nSPS) is 21.3. The van der Waals surface area contributed by atoms with Gasteiger partial charge in [-0.05, 0) is 19.3 Å². The highest BCUT2D eigenvalue weighted by atomic mass is 32.2. The summed E-state index contributed by atoms with van der Waals surface area (Å²) in [6.45, 7) is 0.716. The monoisotopic (exact) mass is 368 g/mol. The van der Waals surface area contributed by atoms with Crippen LogP contribution in [0.25, 0.3) is 11.0 Å². The third kappa shape index (κ3) is 2.76. The zero-order chi connectivity index (χ0) is 16.5. The molecular weight excluding hydrogens is 352 g/mol. The van der Waals surface area contributed by atoms with Gasteiger partial charge in [-0.25, -0.2) is 9.48 Å². The maximum absolute atomic E-state index is 11.9. The van der Waals surface area contributed by atoms with E-state index in [-0.39, 0.29) is 12.2 Å². The molecule has 4 heterocycles. The van der Waals surface area contributed by atoms with Gasteiger partial charge in [0, 0.05) is 24.8 Å². The van der Waals surface area contributed by atoms with Crippen molar-refractivity contribution in [3.63, 3.8) is 0 Å². The molecule has 1 atom stereocenters. The third-order valence-electron chi connectivity index (χ3n) is 3.78. The molecule has 11 heteroatoms. The highest BCUT2D eigenvalue weighted by molar-refractivity contribution is 8.01. The van der Waals surface area contributed by atoms with Crippen LogP contribution in [0.1, 0.15) is 25.5 Å². The Morgan fingerprint density at radius 2 is 2.33 bits per heavy atom. The first-order valence-corrected chi connectivity index (χ1v) is 9.70. The molecule has 9 nitrogen and oxygen atoms in total. The van der Waals surface area contributed by atoms with E-state index in [1.807, 2.05) is 6.26 Å². The van der Waals surface area contributed by atoms with Crippen LogP contribution in [0.3, 0.4) is 0 Å². The molecule has 2 aromatic heterocycles. The molecule has 0 bridgehead atoms. The Morgan fingerprint density at radius 1 is 1.42 bits per heavy atom. The third-order valence-corrected chi connectivity index (χ3v) is 4.97. The quantitative estimate of drug-likeness (QED) is 0.817. The van der Waals surface area contributed by atoms with Crippen LogP contribution in [0.5, 0.6) is 0 Å². The summed E-state index contributed by atoms with van der Waals surface area (Å²) in [7, 11) is 0. The van der Waals surface area contributed by atoms with Gasteiger partial charge >= 0.3 is 6.09 Å². The zero-order valence-electron chi connectivity index (χ0n) is 13.0. The van der Waals surface area contributed by atoms with Gasteiger partial charge in [0.1, 0.15) is 0 Å². The van der Waals surface area contributed by atoms with Crippen molar-refractivity contribution < 1.29 is 14.3 Å². The van der Waals surface area contributed by atoms with Crippen LogP contribution in [0.15, 0.2) is 6.20 Å². The number of carbonyl (C=O) groups excluding carboxylic acids is 1. The van der Waals surface area contributed by atoms with E-state index in [4.69, 9.17) is 9.47 Å². The van der Waals surface area contributed by atoms with Gasteiger partial charge in [0.25, 0.3) is 0 Å². The minimum Gasteiger partial charge on any atom is -0.436 e. The second-order valence-electron chi connectivity index (χ2n) is 5.28. The molecule has 1 unspecified atom stereocenters. The number of rotatable bonds is 4. The average Bonchev–Trinajstić information content (AvgIpc) is 3.21. The lowest BCUT2D eigenvalue weighted by Gasteiger charge is -2.23. The Hall–Kier alpha value is -1.72. The van der Waals surface area contributed by atoms with E-state index in [9.17, 15) is 4.79 Å². The number of hydrogen-bond acceptors (Lipinski definition) is 9. The molecule has 0 spiro atoms. The fraction of sp³-hybridized carbons (Fsp3) is 0.538. The number of anilines is 2. The molecule has 0 saturated carbocycles. The van der Waals surface area contributed by atoms with Gasteiger partial charge in [0.2, 0.25) is 5.95 Å². The van der Waals surface area contributed by atoms with Gasteiger partial charge in [-0.15, -0.1) is 0 Å². The van der Waals surface area contributed by atoms with E-state index >= 15 is 0 Å². The summed E-state index contributed by atoms with van der Waals surface area (Å²) < 4.78 is 17.1. The minimum absolute atomic E-state index is 0.140. The van der Waals surface area contributed by atoms with E-state index in [0.29, 0.717) is 29.4 Å². The van der Waals surface area contributed by atoms with Crippen LogP contribution in [-0.4, -0.2) is 44.6 Å². The first-order chi connectivity index (χ1) is 11.8. The van der Waals surface area contributed by atoms with Crippen molar-refractivity contribution >= 4 is 52.8 Å². The van der Waals surface area contributed by atoms with Crippen molar-refractivity contribution in [1.29, 1.82) is 0 Å². The maximum atomic E-state index is 11.9. The molecule has 2 aliphatic rings. The summed E-state index contributed by atoms with van der Waals surface area (Å²) in [4.78, 5) is 20.9. The van der Waals surface area contributed by atoms with Crippen LogP contribution in [0.4, 0.5) is 16.6 Å². The van der Waals surface area contributed by atoms with Crippen LogP contribution in [0.2, 0.25) is 0 Å². The summed E-state index contributed by atoms with van der Waals surface area (Å²) in [6.07, 6.45) is 6.03. The van der Waals surface area contributed by atoms with Gasteiger partial charge in [-0.3, -0.25) is 4.72 Å². The Balaban J connectivity index is 1.82. The lowest BCUT2D eigenvalue weighted by atomic mass is 10.2. The minimum atomic E-state index is -0.434. The van der Waals surface area contributed by atoms with Crippen molar-refractivity contribution in [3.05, 3.63) is 6.20 Å². The Labute approximate surface area is 146 Å². The molecule has 2 aromatic rings. The predicted molar refractivity (Wildman–Crippen MR) is 92.7 cm³/mol. The van der Waals surface area contributed by atoms with E-state index in [2.05, 4.69) is 19.8 Å². The zero-order valence-corrected chi connectivity index (χ0v) is 14.6. The van der Waals surface area contributed by atoms with Gasteiger partial charge in [0.05, 0.1) is 11.6 Å². The number of fused-ring (bicyclic) bond motifs is 1. The molecular formula is C13H16N6O3S2. The summed E-state index contributed by atoms with van der Waals surface area (Å²) in [5.74, 6) is 1.17. The van der Waals surface area contributed by atoms with Gasteiger partial charge in [-0.1, -0.05) is 11.9 Å². The summed E-state index contributed by atoms with van der Waals surface area (Å²) in [6, 6.07) is 0. The number of amides is 1. The fourth-order valence-corrected chi connectivity index (χ4v) is 3.67. The van der Waals surface area contributed by atoms with E-state index in [1.54, 1.807) is 10.9 Å². The topological polar surface area (TPSA) is 94.4 Å². The molecule has 0 aliphatic carbocycles. The number of hydrogen-bond donors (Lipinski definition) is 1. The van der Waals surface area contributed by atoms with Gasteiger partial charge in [0.15, 0.2) is 23.6 Å². The molecule has 1 N–H and O–H groups in total. The molecule has 2 fully saturated rings. The second kappa shape index (κ2) is 6.65. The van der Waals surface area contributed by atoms with Crippen molar-refractivity contribution in [2.45, 2.75) is 25.5 Å². The summed E-state index contributed by atoms with van der Waals surface area (Å²) in [5, 5.41) is 5.14. The lowest BCUT2D eigenvalue weighted by Crippen LogP contribution is -2.21. The van der Waals surface area contributed by atoms with Crippen LogP contribution in [-0.2, 0) is 9.47 Å². The van der Waals surface area contributed by atoms with Crippen molar-refractivity contribution in [3.8, 4) is 0 Å². The number of nitrogens with zero attached hydrogens (tertiary/aromatic N) is 5. The first kappa shape index (κ1) is 15.8. The summed E-state index contributed by atoms with van der Waals surface area (Å²) in [5.41, 5.74) is 0.642. The Morgan fingerprint density at radius 3 is 3.04 bits per heavy atom. The maximum Gasteiger partial charge on any atom is 0.426 e. The number of cyclic esters (lactones) is 1. The highest BCUT2D eigenvalue weighted by Gasteiger charge is 2.31. The molecule has 2 aliphatic heterocycles. The Bertz CT molecular complexity index is 763. The lowest BCUT2D eigenvalue weighted by molar-refractivity contribution is -0.0370. The fourth-order valence-electron chi connectivity index (χ4n) is 2.72. The standard InChI is InChI=1S/C13H16N6O3S2/c1-23-17-12-15-10-8(11(16-12)19-13(20)22-7-24-19)6-14-18(10)9-4-2-3-5-21-9/h6,9H,2-5,7H2,1H3,(H,15,16,17). The van der Waals surface area contributed by atoms with Crippen LogP contribution >= 0.6 is 23.9 Å². The molecule has 4 rings (SSSR count). The van der Waals surface area contributed by atoms with Crippen LogP contribution < -0.4 is 9.03 Å². The van der Waals surface area contributed by atoms with Crippen molar-refractivity contribution in [2.24, 2.45) is 0 Å². The number of nitrogens with one attached hydrogen (secondary N) is 1. The van der Waals surface area contributed by atoms with Crippen LogP contribution in [0, 0.1) is 0 Å². The number of aromatic nitrogens is 4. The number of ether oxygens (including phenoxy) is 2. The molecule has 24 heavy (non-hydrogen) atoms. The Kier molecular flexibility index (Phi) is 4.37. The first-order valence-electron chi connectivity index (χ1n) is 7.53. The van der Waals surface area contributed by atoms with E-state index in [0.717, 1.165) is 19.3 Å².